The maximum Gasteiger partial charge on any atom is 0.105 e. The predicted octanol–water partition coefficient (Wildman–Crippen LogP) is 7.14. The van der Waals surface area contributed by atoms with Crippen LogP contribution in [0, 0.1) is 6.92 Å². The van der Waals surface area contributed by atoms with E-state index in [2.05, 4.69) is 105 Å². The van der Waals surface area contributed by atoms with E-state index in [0.29, 0.717) is 0 Å². The molecule has 1 heterocycles. The van der Waals surface area contributed by atoms with E-state index in [0.717, 1.165) is 28.1 Å². The Hall–Kier alpha value is -3.50. The number of aromatic nitrogens is 2. The van der Waals surface area contributed by atoms with Gasteiger partial charge in [0.1, 0.15) is 11.0 Å². The SMILES string of the molecule is Cc1cc2nsnc2cc1-c1ccc(N(c2ccccc2)c2ccccc2)cc1. The van der Waals surface area contributed by atoms with Crippen LogP contribution < -0.4 is 4.90 Å². The van der Waals surface area contributed by atoms with Crippen LogP contribution in [0.2, 0.25) is 0 Å². The smallest absolute Gasteiger partial charge is 0.105 e. The number of anilines is 3. The second-order valence-corrected chi connectivity index (χ2v) is 7.50. The van der Waals surface area contributed by atoms with Gasteiger partial charge in [-0.3, -0.25) is 0 Å². The lowest BCUT2D eigenvalue weighted by Gasteiger charge is -2.25. The molecule has 0 aliphatic carbocycles. The molecule has 0 N–H and O–H groups in total. The summed E-state index contributed by atoms with van der Waals surface area (Å²) in [5.41, 5.74) is 8.91. The molecule has 0 atom stereocenters. The average molecular weight is 394 g/mol. The Morgan fingerprint density at radius 3 is 1.72 bits per heavy atom. The third-order valence-corrected chi connectivity index (χ3v) is 5.62. The first-order chi connectivity index (χ1) is 14.3. The second-order valence-electron chi connectivity index (χ2n) is 6.97. The van der Waals surface area contributed by atoms with Crippen LogP contribution >= 0.6 is 11.7 Å². The summed E-state index contributed by atoms with van der Waals surface area (Å²) in [6, 6.07) is 33.9. The summed E-state index contributed by atoms with van der Waals surface area (Å²) in [5.74, 6) is 0. The summed E-state index contributed by atoms with van der Waals surface area (Å²) < 4.78 is 8.74. The van der Waals surface area contributed by atoms with Crippen molar-refractivity contribution in [2.75, 3.05) is 4.90 Å². The minimum absolute atomic E-state index is 0.954. The number of benzene rings is 4. The Morgan fingerprint density at radius 2 is 1.14 bits per heavy atom. The fourth-order valence-corrected chi connectivity index (χ4v) is 4.15. The third kappa shape index (κ3) is 3.39. The third-order valence-electron chi connectivity index (χ3n) is 5.07. The number of hydrogen-bond acceptors (Lipinski definition) is 4. The van der Waals surface area contributed by atoms with Gasteiger partial charge in [0.2, 0.25) is 0 Å². The number of nitrogens with zero attached hydrogens (tertiary/aromatic N) is 3. The van der Waals surface area contributed by atoms with E-state index in [-0.39, 0.29) is 0 Å². The lowest BCUT2D eigenvalue weighted by atomic mass is 9.99. The number of fused-ring (bicyclic) bond motifs is 1. The van der Waals surface area contributed by atoms with Crippen molar-refractivity contribution >= 4 is 39.8 Å². The van der Waals surface area contributed by atoms with Crippen molar-refractivity contribution in [3.05, 3.63) is 103 Å². The molecule has 29 heavy (non-hydrogen) atoms. The highest BCUT2D eigenvalue weighted by Gasteiger charge is 2.13. The first-order valence-electron chi connectivity index (χ1n) is 9.53. The molecule has 0 bridgehead atoms. The molecule has 0 saturated carbocycles. The van der Waals surface area contributed by atoms with Crippen molar-refractivity contribution in [2.45, 2.75) is 6.92 Å². The van der Waals surface area contributed by atoms with E-state index in [1.165, 1.54) is 28.4 Å². The van der Waals surface area contributed by atoms with Gasteiger partial charge in [0.25, 0.3) is 0 Å². The van der Waals surface area contributed by atoms with Gasteiger partial charge in [-0.1, -0.05) is 48.5 Å². The fourth-order valence-electron chi connectivity index (χ4n) is 3.64. The lowest BCUT2D eigenvalue weighted by molar-refractivity contribution is 1.28. The van der Waals surface area contributed by atoms with E-state index in [4.69, 9.17) is 0 Å². The monoisotopic (exact) mass is 393 g/mol. The summed E-state index contributed by atoms with van der Waals surface area (Å²) >= 11 is 1.26. The largest absolute Gasteiger partial charge is 0.311 e. The Labute approximate surface area is 174 Å². The minimum atomic E-state index is 0.954. The van der Waals surface area contributed by atoms with Crippen LogP contribution in [0.3, 0.4) is 0 Å². The zero-order chi connectivity index (χ0) is 19.6. The molecule has 1 aromatic heterocycles. The second kappa shape index (κ2) is 7.49. The first kappa shape index (κ1) is 17.6. The number of para-hydroxylation sites is 2. The Bertz CT molecular complexity index is 1210. The maximum absolute atomic E-state index is 4.39. The zero-order valence-corrected chi connectivity index (χ0v) is 16.8. The Morgan fingerprint density at radius 1 is 0.621 bits per heavy atom. The van der Waals surface area contributed by atoms with Crippen molar-refractivity contribution < 1.29 is 0 Å². The predicted molar refractivity (Wildman–Crippen MR) is 122 cm³/mol. The molecule has 5 rings (SSSR count). The van der Waals surface area contributed by atoms with Crippen LogP contribution in [0.5, 0.6) is 0 Å². The molecule has 140 valence electrons. The zero-order valence-electron chi connectivity index (χ0n) is 16.0. The minimum Gasteiger partial charge on any atom is -0.311 e. The first-order valence-corrected chi connectivity index (χ1v) is 10.3. The highest BCUT2D eigenvalue weighted by atomic mass is 32.1. The number of hydrogen-bond donors (Lipinski definition) is 0. The van der Waals surface area contributed by atoms with Gasteiger partial charge in [0, 0.05) is 17.1 Å². The number of rotatable bonds is 4. The van der Waals surface area contributed by atoms with Crippen LogP contribution in [0.4, 0.5) is 17.1 Å². The van der Waals surface area contributed by atoms with Crippen molar-refractivity contribution in [3.8, 4) is 11.1 Å². The summed E-state index contributed by atoms with van der Waals surface area (Å²) in [4.78, 5) is 2.27. The van der Waals surface area contributed by atoms with Crippen molar-refractivity contribution in [1.29, 1.82) is 0 Å². The molecular formula is C25H19N3S. The maximum atomic E-state index is 4.39. The van der Waals surface area contributed by atoms with E-state index < -0.39 is 0 Å². The quantitative estimate of drug-likeness (QED) is 0.325. The summed E-state index contributed by atoms with van der Waals surface area (Å²) in [6.45, 7) is 2.13. The molecule has 4 heteroatoms. The summed E-state index contributed by atoms with van der Waals surface area (Å²) in [7, 11) is 0. The van der Waals surface area contributed by atoms with Gasteiger partial charge in [0.05, 0.1) is 11.7 Å². The van der Waals surface area contributed by atoms with Gasteiger partial charge in [-0.25, -0.2) is 0 Å². The molecular weight excluding hydrogens is 374 g/mol. The van der Waals surface area contributed by atoms with Crippen LogP contribution in [0.15, 0.2) is 97.1 Å². The van der Waals surface area contributed by atoms with Crippen LogP contribution in [-0.4, -0.2) is 8.75 Å². The van der Waals surface area contributed by atoms with Crippen molar-refractivity contribution in [1.82, 2.24) is 8.75 Å². The van der Waals surface area contributed by atoms with E-state index in [9.17, 15) is 0 Å². The van der Waals surface area contributed by atoms with Gasteiger partial charge >= 0.3 is 0 Å². The molecule has 0 radical (unpaired) electrons. The normalized spacial score (nSPS) is 10.9. The van der Waals surface area contributed by atoms with E-state index >= 15 is 0 Å². The van der Waals surface area contributed by atoms with Crippen molar-refractivity contribution in [2.24, 2.45) is 0 Å². The van der Waals surface area contributed by atoms with Gasteiger partial charge < -0.3 is 4.90 Å². The Balaban J connectivity index is 1.57. The van der Waals surface area contributed by atoms with Crippen LogP contribution in [0.25, 0.3) is 22.2 Å². The summed E-state index contributed by atoms with van der Waals surface area (Å²) in [5, 5.41) is 0. The molecule has 0 fully saturated rings. The van der Waals surface area contributed by atoms with Gasteiger partial charge in [-0.05, 0) is 72.1 Å². The van der Waals surface area contributed by atoms with E-state index in [1.54, 1.807) is 0 Å². The number of aryl methyl sites for hydroxylation is 1. The van der Waals surface area contributed by atoms with Crippen LogP contribution in [-0.2, 0) is 0 Å². The lowest BCUT2D eigenvalue weighted by Crippen LogP contribution is -2.09. The molecule has 0 aliphatic heterocycles. The van der Waals surface area contributed by atoms with Gasteiger partial charge in [0.15, 0.2) is 0 Å². The van der Waals surface area contributed by atoms with Crippen LogP contribution in [0.1, 0.15) is 5.56 Å². The Kier molecular flexibility index (Phi) is 4.54. The molecule has 3 nitrogen and oxygen atoms in total. The average Bonchev–Trinajstić information content (AvgIpc) is 3.23. The van der Waals surface area contributed by atoms with Gasteiger partial charge in [-0.2, -0.15) is 8.75 Å². The standard InChI is InChI=1S/C25H19N3S/c1-18-16-24-25(27-29-26-24)17-23(18)19-12-14-22(15-13-19)28(20-8-4-2-5-9-20)21-10-6-3-7-11-21/h2-17H,1H3. The van der Waals surface area contributed by atoms with E-state index in [1.807, 2.05) is 12.1 Å². The highest BCUT2D eigenvalue weighted by molar-refractivity contribution is 7.00. The molecule has 0 amide bonds. The topological polar surface area (TPSA) is 29.0 Å². The molecule has 0 unspecified atom stereocenters. The summed E-state index contributed by atoms with van der Waals surface area (Å²) in [6.07, 6.45) is 0. The molecule has 0 spiro atoms. The molecule has 4 aromatic carbocycles. The molecule has 0 aliphatic rings. The highest BCUT2D eigenvalue weighted by Crippen LogP contribution is 2.36. The molecule has 0 saturated heterocycles. The van der Waals surface area contributed by atoms with Crippen molar-refractivity contribution in [3.63, 3.8) is 0 Å². The van der Waals surface area contributed by atoms with Gasteiger partial charge in [-0.15, -0.1) is 0 Å². The fraction of sp³-hybridized carbons (Fsp3) is 0.0400. The molecule has 5 aromatic rings.